The van der Waals surface area contributed by atoms with Crippen LogP contribution in [0.15, 0.2) is 30.3 Å². The average Bonchev–Trinajstić information content (AvgIpc) is 2.26. The molecule has 1 unspecified atom stereocenters. The maximum Gasteiger partial charge on any atom is 0.163 e. The van der Waals surface area contributed by atoms with Crippen molar-refractivity contribution in [2.24, 2.45) is 5.92 Å². The van der Waals surface area contributed by atoms with Crippen molar-refractivity contribution < 1.29 is 9.53 Å². The molecule has 0 aromatic heterocycles. The van der Waals surface area contributed by atoms with Crippen LogP contribution in [-0.4, -0.2) is 11.9 Å². The molecule has 1 atom stereocenters. The van der Waals surface area contributed by atoms with Crippen LogP contribution >= 0.6 is 0 Å². The molecule has 1 aromatic rings. The zero-order chi connectivity index (χ0) is 11.3. The highest BCUT2D eigenvalue weighted by atomic mass is 16.5. The van der Waals surface area contributed by atoms with Crippen LogP contribution in [0.25, 0.3) is 0 Å². The minimum Gasteiger partial charge on any atom is -0.366 e. The fourth-order valence-electron chi connectivity index (χ4n) is 1.35. The second kappa shape index (κ2) is 5.66. The monoisotopic (exact) mass is 206 g/mol. The van der Waals surface area contributed by atoms with Crippen LogP contribution < -0.4 is 0 Å². The molecular formula is C13H18O2. The molecule has 0 aliphatic carbocycles. The van der Waals surface area contributed by atoms with Gasteiger partial charge in [0.25, 0.3) is 0 Å². The minimum absolute atomic E-state index is 0.0378. The van der Waals surface area contributed by atoms with Crippen molar-refractivity contribution in [3.05, 3.63) is 35.9 Å². The highest BCUT2D eigenvalue weighted by molar-refractivity contribution is 5.84. The maximum absolute atomic E-state index is 11.5. The Morgan fingerprint density at radius 3 is 2.33 bits per heavy atom. The Balaban J connectivity index is 2.41. The molecule has 2 nitrogen and oxygen atoms in total. The van der Waals surface area contributed by atoms with Gasteiger partial charge < -0.3 is 4.74 Å². The van der Waals surface area contributed by atoms with Gasteiger partial charge in [-0.05, 0) is 12.5 Å². The van der Waals surface area contributed by atoms with E-state index in [1.54, 1.807) is 0 Å². The van der Waals surface area contributed by atoms with Gasteiger partial charge in [0.15, 0.2) is 5.78 Å². The number of carbonyl (C=O) groups is 1. The first-order valence-electron chi connectivity index (χ1n) is 5.30. The number of benzene rings is 1. The van der Waals surface area contributed by atoms with Gasteiger partial charge >= 0.3 is 0 Å². The van der Waals surface area contributed by atoms with E-state index in [4.69, 9.17) is 4.74 Å². The van der Waals surface area contributed by atoms with E-state index >= 15 is 0 Å². The number of Topliss-reactive ketones (excluding diaryl/α,β-unsaturated/α-hetero) is 1. The number of rotatable bonds is 5. The summed E-state index contributed by atoms with van der Waals surface area (Å²) in [7, 11) is 0. The third kappa shape index (κ3) is 3.84. The first-order chi connectivity index (χ1) is 7.11. The zero-order valence-electron chi connectivity index (χ0n) is 9.57. The molecule has 0 amide bonds. The molecular weight excluding hydrogens is 188 g/mol. The van der Waals surface area contributed by atoms with E-state index in [2.05, 4.69) is 0 Å². The van der Waals surface area contributed by atoms with Crippen molar-refractivity contribution in [3.63, 3.8) is 0 Å². The highest BCUT2D eigenvalue weighted by Crippen LogP contribution is 2.07. The average molecular weight is 206 g/mol. The number of hydrogen-bond acceptors (Lipinski definition) is 2. The SMILES string of the molecule is CC(C)C(=O)C(C)OCc1ccccc1. The van der Waals surface area contributed by atoms with Crippen molar-refractivity contribution >= 4 is 5.78 Å². The van der Waals surface area contributed by atoms with Gasteiger partial charge in [0.1, 0.15) is 6.10 Å². The minimum atomic E-state index is -0.315. The summed E-state index contributed by atoms with van der Waals surface area (Å²) in [5.41, 5.74) is 1.10. The van der Waals surface area contributed by atoms with Gasteiger partial charge in [0, 0.05) is 5.92 Å². The predicted octanol–water partition coefficient (Wildman–Crippen LogP) is 2.82. The Labute approximate surface area is 91.3 Å². The molecule has 0 saturated heterocycles. The van der Waals surface area contributed by atoms with Gasteiger partial charge in [-0.2, -0.15) is 0 Å². The summed E-state index contributed by atoms with van der Waals surface area (Å²) in [5.74, 6) is 0.196. The summed E-state index contributed by atoms with van der Waals surface area (Å²) in [6, 6.07) is 9.88. The van der Waals surface area contributed by atoms with E-state index in [0.29, 0.717) is 6.61 Å². The van der Waals surface area contributed by atoms with Gasteiger partial charge in [0.2, 0.25) is 0 Å². The molecule has 0 N–H and O–H groups in total. The summed E-state index contributed by atoms with van der Waals surface area (Å²) in [5, 5.41) is 0. The Hall–Kier alpha value is -1.15. The standard InChI is InChI=1S/C13H18O2/c1-10(2)13(14)11(3)15-9-12-7-5-4-6-8-12/h4-8,10-11H,9H2,1-3H3. The third-order valence-electron chi connectivity index (χ3n) is 2.31. The van der Waals surface area contributed by atoms with Gasteiger partial charge in [0.05, 0.1) is 6.61 Å². The number of ketones is 1. The topological polar surface area (TPSA) is 26.3 Å². The van der Waals surface area contributed by atoms with Crippen molar-refractivity contribution in [3.8, 4) is 0 Å². The highest BCUT2D eigenvalue weighted by Gasteiger charge is 2.16. The molecule has 0 aliphatic rings. The van der Waals surface area contributed by atoms with E-state index in [1.807, 2.05) is 51.1 Å². The smallest absolute Gasteiger partial charge is 0.163 e. The van der Waals surface area contributed by atoms with E-state index in [-0.39, 0.29) is 17.8 Å². The summed E-state index contributed by atoms with van der Waals surface area (Å²) in [6.07, 6.45) is -0.315. The molecule has 0 bridgehead atoms. The number of carbonyl (C=O) groups excluding carboxylic acids is 1. The van der Waals surface area contributed by atoms with Crippen LogP contribution in [0.2, 0.25) is 0 Å². The lowest BCUT2D eigenvalue weighted by atomic mass is 10.1. The number of hydrogen-bond donors (Lipinski definition) is 0. The molecule has 0 spiro atoms. The molecule has 0 radical (unpaired) electrons. The van der Waals surface area contributed by atoms with Gasteiger partial charge in [-0.3, -0.25) is 4.79 Å². The Kier molecular flexibility index (Phi) is 4.50. The van der Waals surface area contributed by atoms with Crippen LogP contribution in [0.3, 0.4) is 0 Å². The van der Waals surface area contributed by atoms with Crippen LogP contribution in [0.5, 0.6) is 0 Å². The predicted molar refractivity (Wildman–Crippen MR) is 60.5 cm³/mol. The molecule has 15 heavy (non-hydrogen) atoms. The first kappa shape index (κ1) is 11.9. The second-order valence-electron chi connectivity index (χ2n) is 4.00. The van der Waals surface area contributed by atoms with E-state index in [0.717, 1.165) is 5.56 Å². The maximum atomic E-state index is 11.5. The van der Waals surface area contributed by atoms with Crippen molar-refractivity contribution in [2.75, 3.05) is 0 Å². The summed E-state index contributed by atoms with van der Waals surface area (Å²) >= 11 is 0. The lowest BCUT2D eigenvalue weighted by Gasteiger charge is -2.14. The Bertz CT molecular complexity index is 304. The molecule has 1 rings (SSSR count). The summed E-state index contributed by atoms with van der Waals surface area (Å²) in [6.45, 7) is 6.10. The Morgan fingerprint density at radius 1 is 1.20 bits per heavy atom. The normalized spacial score (nSPS) is 12.8. The number of ether oxygens (including phenoxy) is 1. The van der Waals surface area contributed by atoms with Crippen LogP contribution in [-0.2, 0) is 16.1 Å². The molecule has 1 aromatic carbocycles. The summed E-state index contributed by atoms with van der Waals surface area (Å²) < 4.78 is 5.50. The van der Waals surface area contributed by atoms with Crippen LogP contribution in [0.1, 0.15) is 26.3 Å². The second-order valence-corrected chi connectivity index (χ2v) is 4.00. The van der Waals surface area contributed by atoms with Crippen LogP contribution in [0, 0.1) is 5.92 Å². The van der Waals surface area contributed by atoms with Gasteiger partial charge in [-0.1, -0.05) is 44.2 Å². The van der Waals surface area contributed by atoms with E-state index < -0.39 is 0 Å². The van der Waals surface area contributed by atoms with Crippen LogP contribution in [0.4, 0.5) is 0 Å². The molecule has 2 heteroatoms. The van der Waals surface area contributed by atoms with Crippen molar-refractivity contribution in [1.29, 1.82) is 0 Å². The molecule has 0 fully saturated rings. The zero-order valence-corrected chi connectivity index (χ0v) is 9.57. The molecule has 0 heterocycles. The largest absolute Gasteiger partial charge is 0.366 e. The van der Waals surface area contributed by atoms with Gasteiger partial charge in [-0.25, -0.2) is 0 Å². The molecule has 0 aliphatic heterocycles. The quantitative estimate of drug-likeness (QED) is 0.740. The Morgan fingerprint density at radius 2 is 1.80 bits per heavy atom. The third-order valence-corrected chi connectivity index (χ3v) is 2.31. The lowest BCUT2D eigenvalue weighted by molar-refractivity contribution is -0.133. The lowest BCUT2D eigenvalue weighted by Crippen LogP contribution is -2.24. The van der Waals surface area contributed by atoms with Crippen molar-refractivity contribution in [2.45, 2.75) is 33.5 Å². The fourth-order valence-corrected chi connectivity index (χ4v) is 1.35. The van der Waals surface area contributed by atoms with Crippen molar-refractivity contribution in [1.82, 2.24) is 0 Å². The molecule has 82 valence electrons. The van der Waals surface area contributed by atoms with E-state index in [9.17, 15) is 4.79 Å². The van der Waals surface area contributed by atoms with E-state index in [1.165, 1.54) is 0 Å². The fraction of sp³-hybridized carbons (Fsp3) is 0.462. The van der Waals surface area contributed by atoms with Gasteiger partial charge in [-0.15, -0.1) is 0 Å². The first-order valence-corrected chi connectivity index (χ1v) is 5.30. The summed E-state index contributed by atoms with van der Waals surface area (Å²) in [4.78, 5) is 11.5. The molecule has 0 saturated carbocycles.